The number of carbonyl (C=O) groups is 11. The Hall–Kier alpha value is -10.1. The molecule has 1 saturated heterocycles. The summed E-state index contributed by atoms with van der Waals surface area (Å²) in [5.74, 6) is -8.42. The molecule has 0 spiro atoms. The fraction of sp³-hybridized carbons (Fsp3) is 0.474. The van der Waals surface area contributed by atoms with Crippen LogP contribution in [0.25, 0.3) is 11.1 Å². The van der Waals surface area contributed by atoms with Crippen molar-refractivity contribution in [3.8, 4) is 11.1 Å². The van der Waals surface area contributed by atoms with Crippen LogP contribution in [-0.2, 0) is 71.9 Å². The summed E-state index contributed by atoms with van der Waals surface area (Å²) >= 11 is 0. The number of carboxylic acids is 1. The van der Waals surface area contributed by atoms with Crippen LogP contribution in [0, 0.1) is 5.92 Å². The van der Waals surface area contributed by atoms with Gasteiger partial charge in [-0.1, -0.05) is 153 Å². The van der Waals surface area contributed by atoms with Gasteiger partial charge in [-0.2, -0.15) is 0 Å². The quantitative estimate of drug-likeness (QED) is 0.0266. The smallest absolute Gasteiger partial charge is 0.407 e. The van der Waals surface area contributed by atoms with Crippen molar-refractivity contribution < 1.29 is 62.6 Å². The van der Waals surface area contributed by atoms with Gasteiger partial charge in [0.1, 0.15) is 67.0 Å². The van der Waals surface area contributed by atoms with Crippen molar-refractivity contribution in [1.29, 1.82) is 0 Å². The van der Waals surface area contributed by atoms with E-state index < -0.39 is 126 Å². The number of alkyl carbamates (subject to hydrolysis) is 1. The summed E-state index contributed by atoms with van der Waals surface area (Å²) in [6, 6.07) is 29.7. The van der Waals surface area contributed by atoms with Gasteiger partial charge in [0, 0.05) is 31.7 Å². The van der Waals surface area contributed by atoms with Gasteiger partial charge >= 0.3 is 12.1 Å². The first-order chi connectivity index (χ1) is 51.2. The first kappa shape index (κ1) is 83.1. The zero-order valence-corrected chi connectivity index (χ0v) is 60.7. The Morgan fingerprint density at radius 2 is 0.708 bits per heavy atom. The van der Waals surface area contributed by atoms with E-state index in [1.54, 1.807) is 84.9 Å². The number of ether oxygens (including phenoxy) is 1. The topological polar surface area (TPSA) is 459 Å². The van der Waals surface area contributed by atoms with E-state index in [0.717, 1.165) is 22.3 Å². The summed E-state index contributed by atoms with van der Waals surface area (Å²) in [4.78, 5) is 158. The number of benzene rings is 5. The predicted octanol–water partition coefficient (Wildman–Crippen LogP) is 2.32. The number of aliphatic carboxylic acids is 1. The monoisotopic (exact) mass is 1460 g/mol. The number of nitrogens with two attached hydrogens (primary N) is 5. The lowest BCUT2D eigenvalue weighted by molar-refractivity contribution is -0.149. The molecular weight excluding hydrogens is 1350 g/mol. The van der Waals surface area contributed by atoms with Crippen LogP contribution < -0.4 is 76.5 Å². The van der Waals surface area contributed by atoms with E-state index >= 15 is 0 Å². The van der Waals surface area contributed by atoms with Crippen LogP contribution in [0.15, 0.2) is 140 Å². The Morgan fingerprint density at radius 3 is 1.07 bits per heavy atom. The van der Waals surface area contributed by atoms with Gasteiger partial charge in [-0.05, 0) is 161 Å². The Labute approximate surface area is 619 Å². The van der Waals surface area contributed by atoms with E-state index in [9.17, 15) is 57.8 Å². The molecule has 572 valence electrons. The van der Waals surface area contributed by atoms with Gasteiger partial charge in [0.05, 0.1) is 0 Å². The SMILES string of the molecule is CC(C)C[C@H](NC(=O)[C@H](CCCN)NC(=O)[C@H](CCCN)NC(=O)[C@H](CCCN)NC(=O)[C@H](CCCN)NC(=O)[C@H](CCCN)NC(=O)[C@@H](Cc1ccccc1)NC(=O)[C@H](Cc1ccccc1)NC(=O)OCC1c2ccccc2-c2ccccc21)C(=O)N[C@H](Cc1ccccc1)C(=O)N1CCC[C@H]1C(=O)O. The Balaban J connectivity index is 1.04. The van der Waals surface area contributed by atoms with E-state index in [1.165, 1.54) is 4.90 Å². The van der Waals surface area contributed by atoms with Crippen molar-refractivity contribution in [2.24, 2.45) is 34.6 Å². The second-order valence-electron chi connectivity index (χ2n) is 27.4. The zero-order valence-electron chi connectivity index (χ0n) is 60.7. The van der Waals surface area contributed by atoms with Crippen LogP contribution in [0.2, 0.25) is 0 Å². The van der Waals surface area contributed by atoms with Crippen LogP contribution in [-0.4, -0.2) is 182 Å². The molecule has 2 aliphatic rings. The van der Waals surface area contributed by atoms with Crippen LogP contribution in [0.3, 0.4) is 0 Å². The molecule has 0 unspecified atom stereocenters. The highest BCUT2D eigenvalue weighted by Crippen LogP contribution is 2.44. The molecule has 0 saturated carbocycles. The second-order valence-corrected chi connectivity index (χ2v) is 27.4. The second kappa shape index (κ2) is 43.3. The molecule has 10 amide bonds. The summed E-state index contributed by atoms with van der Waals surface area (Å²) in [6.45, 7) is 4.29. The number of carbonyl (C=O) groups excluding carboxylic acids is 10. The number of carboxylic acid groups (broad SMARTS) is 1. The maximum atomic E-state index is 14.8. The van der Waals surface area contributed by atoms with Gasteiger partial charge in [-0.3, -0.25) is 43.2 Å². The minimum absolute atomic E-state index is 0.00414. The average molecular weight is 1460 g/mol. The summed E-state index contributed by atoms with van der Waals surface area (Å²) in [5.41, 5.74) is 35.9. The van der Waals surface area contributed by atoms with Crippen molar-refractivity contribution in [2.75, 3.05) is 45.9 Å². The fourth-order valence-electron chi connectivity index (χ4n) is 13.3. The van der Waals surface area contributed by atoms with Crippen LogP contribution >= 0.6 is 0 Å². The van der Waals surface area contributed by atoms with E-state index in [-0.39, 0.29) is 154 Å². The third-order valence-corrected chi connectivity index (χ3v) is 18.9. The van der Waals surface area contributed by atoms with Crippen molar-refractivity contribution >= 4 is 65.2 Å². The maximum absolute atomic E-state index is 14.8. The molecule has 10 atom stereocenters. The molecule has 7 rings (SSSR count). The normalized spacial score (nSPS) is 15.6. The largest absolute Gasteiger partial charge is 0.480 e. The number of nitrogens with zero attached hydrogens (tertiary/aromatic N) is 1. The molecule has 1 aliphatic carbocycles. The van der Waals surface area contributed by atoms with Gasteiger partial charge in [-0.15, -0.1) is 0 Å². The van der Waals surface area contributed by atoms with Gasteiger partial charge in [0.2, 0.25) is 53.2 Å². The van der Waals surface area contributed by atoms with E-state index in [2.05, 4.69) is 47.9 Å². The molecule has 28 nitrogen and oxygen atoms in total. The summed E-state index contributed by atoms with van der Waals surface area (Å²) < 4.78 is 5.89. The zero-order chi connectivity index (χ0) is 76.5. The maximum Gasteiger partial charge on any atom is 0.407 e. The summed E-state index contributed by atoms with van der Waals surface area (Å²) in [6.07, 6.45) is 0.890. The lowest BCUT2D eigenvalue weighted by Crippen LogP contribution is -2.61. The van der Waals surface area contributed by atoms with Crippen molar-refractivity contribution in [2.45, 2.75) is 183 Å². The number of likely N-dealkylation sites (tertiary alicyclic amines) is 1. The molecule has 5 aromatic carbocycles. The molecule has 20 N–H and O–H groups in total. The lowest BCUT2D eigenvalue weighted by atomic mass is 9.98. The highest BCUT2D eigenvalue weighted by atomic mass is 16.5. The molecule has 0 aromatic heterocycles. The lowest BCUT2D eigenvalue weighted by Gasteiger charge is -2.30. The predicted molar refractivity (Wildman–Crippen MR) is 401 cm³/mol. The van der Waals surface area contributed by atoms with E-state index in [4.69, 9.17) is 33.4 Å². The molecule has 1 aliphatic heterocycles. The summed E-state index contributed by atoms with van der Waals surface area (Å²) in [7, 11) is 0. The molecule has 28 heteroatoms. The Morgan fingerprint density at radius 1 is 0.406 bits per heavy atom. The van der Waals surface area contributed by atoms with Crippen LogP contribution in [0.5, 0.6) is 0 Å². The summed E-state index contributed by atoms with van der Waals surface area (Å²) in [5, 5.41) is 34.9. The number of hydrogen-bond acceptors (Lipinski definition) is 17. The molecule has 1 fully saturated rings. The third kappa shape index (κ3) is 25.3. The molecule has 106 heavy (non-hydrogen) atoms. The first-order valence-electron chi connectivity index (χ1n) is 36.9. The van der Waals surface area contributed by atoms with Crippen LogP contribution in [0.1, 0.15) is 131 Å². The molecular formula is C78H107N15O13. The molecule has 0 radical (unpaired) electrons. The van der Waals surface area contributed by atoms with Gasteiger partial charge < -0.3 is 91.3 Å². The molecule has 5 aromatic rings. The highest BCUT2D eigenvalue weighted by Gasteiger charge is 2.41. The molecule has 1 heterocycles. The number of hydrogen-bond donors (Lipinski definition) is 15. The van der Waals surface area contributed by atoms with Gasteiger partial charge in [-0.25, -0.2) is 9.59 Å². The van der Waals surface area contributed by atoms with Gasteiger partial charge in [0.25, 0.3) is 0 Å². The Kier molecular flexibility index (Phi) is 34.0. The Bertz CT molecular complexity index is 3660. The van der Waals surface area contributed by atoms with E-state index in [0.29, 0.717) is 23.1 Å². The number of amides is 10. The number of rotatable bonds is 44. The average Bonchev–Trinajstić information content (AvgIpc) is 1.61. The molecule has 0 bridgehead atoms. The minimum Gasteiger partial charge on any atom is -0.480 e. The standard InChI is InChI=1S/C78H107N15O13/c1-49(2)44-63(73(99)91-66(47-52-26-10-5-11-27-52)76(102)93-43-21-37-67(93)77(103)104)89-72(98)62(36-20-42-83)87-70(96)60(34-18-40-81)85-68(94)58(32-16-38-79)84-69(95)59(33-17-39-80)86-71(97)61(35-19-41-82)88-74(100)64(45-50-22-6-3-7-23-50)90-75(101)65(46-51-24-8-4-9-25-51)92-78(105)106-48-57-55-30-14-12-28-53(55)54-29-13-15-31-56(54)57/h3-15,22-31,49,57-67H,16-21,32-48,79-83H2,1-2H3,(H,84,95)(H,85,94)(H,86,97)(H,87,96)(H,88,100)(H,89,98)(H,90,101)(H,91,99)(H,92,105)(H,103,104)/t58-,59-,60-,61-,62-,63-,64+,65-,66+,67-/m0/s1. The van der Waals surface area contributed by atoms with Crippen molar-refractivity contribution in [3.05, 3.63) is 167 Å². The minimum atomic E-state index is -1.36. The number of fused-ring (bicyclic) bond motifs is 3. The van der Waals surface area contributed by atoms with Crippen LogP contribution in [0.4, 0.5) is 4.79 Å². The van der Waals surface area contributed by atoms with Crippen molar-refractivity contribution in [3.63, 3.8) is 0 Å². The van der Waals surface area contributed by atoms with E-state index in [1.807, 2.05) is 68.4 Å². The fourth-order valence-corrected chi connectivity index (χ4v) is 13.3. The highest BCUT2D eigenvalue weighted by molar-refractivity contribution is 5.99. The van der Waals surface area contributed by atoms with Gasteiger partial charge in [0.15, 0.2) is 0 Å². The first-order valence-corrected chi connectivity index (χ1v) is 36.9. The third-order valence-electron chi connectivity index (χ3n) is 18.9. The number of nitrogens with one attached hydrogen (secondary N) is 9. The van der Waals surface area contributed by atoms with Crippen molar-refractivity contribution in [1.82, 2.24) is 52.8 Å².